The maximum Gasteiger partial charge on any atom is 0.344 e. The van der Waals surface area contributed by atoms with Crippen LogP contribution in [0.3, 0.4) is 0 Å². The summed E-state index contributed by atoms with van der Waals surface area (Å²) in [7, 11) is 0. The van der Waals surface area contributed by atoms with Gasteiger partial charge in [0.05, 0.1) is 20.8 Å². The van der Waals surface area contributed by atoms with Crippen molar-refractivity contribution in [2.24, 2.45) is 0 Å². The van der Waals surface area contributed by atoms with E-state index in [0.717, 1.165) is 17.6 Å². The van der Waals surface area contributed by atoms with Gasteiger partial charge in [0, 0.05) is 30.2 Å². The Morgan fingerprint density at radius 2 is 1.61 bits per heavy atom. The molecule has 0 amide bonds. The van der Waals surface area contributed by atoms with Crippen molar-refractivity contribution in [1.29, 1.82) is 0 Å². The lowest BCUT2D eigenvalue weighted by Crippen LogP contribution is -2.26. The van der Waals surface area contributed by atoms with E-state index < -0.39 is 21.4 Å². The fraction of sp³-hybridized carbons (Fsp3) is 0.138. The molecule has 0 saturated heterocycles. The van der Waals surface area contributed by atoms with Crippen LogP contribution in [0.25, 0.3) is 17.0 Å². The molecule has 188 valence electrons. The first kappa shape index (κ1) is 23.4. The van der Waals surface area contributed by atoms with E-state index in [1.165, 1.54) is 24.3 Å². The third-order valence-electron chi connectivity index (χ3n) is 6.95. The van der Waals surface area contributed by atoms with Crippen molar-refractivity contribution in [3.8, 4) is 5.75 Å². The lowest BCUT2D eigenvalue weighted by atomic mass is 9.76. The highest BCUT2D eigenvalue weighted by Crippen LogP contribution is 2.50. The number of benzene rings is 3. The van der Waals surface area contributed by atoms with Gasteiger partial charge in [0.1, 0.15) is 17.1 Å². The first-order chi connectivity index (χ1) is 18.4. The maximum absolute atomic E-state index is 13.3. The highest BCUT2D eigenvalue weighted by molar-refractivity contribution is 5.86. The van der Waals surface area contributed by atoms with Crippen LogP contribution in [0.5, 0.6) is 5.75 Å². The summed E-state index contributed by atoms with van der Waals surface area (Å²) in [6.07, 6.45) is 3.89. The monoisotopic (exact) mass is 508 g/mol. The summed E-state index contributed by atoms with van der Waals surface area (Å²) in [5.41, 5.74) is 2.93. The summed E-state index contributed by atoms with van der Waals surface area (Å²) < 4.78 is 12.2. The van der Waals surface area contributed by atoms with Crippen molar-refractivity contribution in [1.82, 2.24) is 0 Å². The van der Waals surface area contributed by atoms with E-state index in [4.69, 9.17) is 9.15 Å². The third-order valence-corrected chi connectivity index (χ3v) is 6.95. The van der Waals surface area contributed by atoms with Crippen molar-refractivity contribution in [2.75, 3.05) is 0 Å². The van der Waals surface area contributed by atoms with Crippen LogP contribution in [0.2, 0.25) is 0 Å². The van der Waals surface area contributed by atoms with E-state index in [9.17, 15) is 25.0 Å². The number of rotatable bonds is 4. The van der Waals surface area contributed by atoms with E-state index in [2.05, 4.69) is 0 Å². The number of hydrogen-bond acceptors (Lipinski definition) is 7. The van der Waals surface area contributed by atoms with E-state index in [0.29, 0.717) is 52.0 Å². The van der Waals surface area contributed by atoms with Crippen LogP contribution >= 0.6 is 0 Å². The predicted molar refractivity (Wildman–Crippen MR) is 140 cm³/mol. The minimum absolute atomic E-state index is 0.0163. The highest BCUT2D eigenvalue weighted by Gasteiger charge is 2.38. The Kier molecular flexibility index (Phi) is 5.60. The first-order valence-corrected chi connectivity index (χ1v) is 12.1. The van der Waals surface area contributed by atoms with Crippen molar-refractivity contribution in [2.45, 2.75) is 25.2 Å². The van der Waals surface area contributed by atoms with Crippen molar-refractivity contribution < 1.29 is 19.0 Å². The van der Waals surface area contributed by atoms with Crippen LogP contribution in [0.15, 0.2) is 98.9 Å². The van der Waals surface area contributed by atoms with Gasteiger partial charge < -0.3 is 9.15 Å². The van der Waals surface area contributed by atoms with Crippen LogP contribution in [0.4, 0.5) is 11.4 Å². The Balaban J connectivity index is 1.60. The molecular weight excluding hydrogens is 488 g/mol. The van der Waals surface area contributed by atoms with Crippen molar-refractivity contribution >= 4 is 28.4 Å². The van der Waals surface area contributed by atoms with E-state index in [1.54, 1.807) is 42.5 Å². The molecule has 0 N–H and O–H groups in total. The predicted octanol–water partition coefficient (Wildman–Crippen LogP) is 6.66. The number of hydrogen-bond donors (Lipinski definition) is 0. The molecule has 9 nitrogen and oxygen atoms in total. The van der Waals surface area contributed by atoms with Crippen LogP contribution in [0, 0.1) is 20.2 Å². The Hall–Kier alpha value is -5.05. The Labute approximate surface area is 215 Å². The molecule has 1 atom stereocenters. The molecule has 1 unspecified atom stereocenters. The number of fused-ring (bicyclic) bond motifs is 3. The van der Waals surface area contributed by atoms with Gasteiger partial charge in [-0.2, -0.15) is 0 Å². The number of allylic oxidation sites excluding steroid dienone is 2. The number of para-hydroxylation sites is 1. The molecular formula is C29H20N2O7. The van der Waals surface area contributed by atoms with E-state index in [1.807, 2.05) is 12.1 Å². The molecule has 38 heavy (non-hydrogen) atoms. The summed E-state index contributed by atoms with van der Waals surface area (Å²) in [5, 5.41) is 23.5. The summed E-state index contributed by atoms with van der Waals surface area (Å²) in [4.78, 5) is 35.3. The van der Waals surface area contributed by atoms with Crippen LogP contribution in [-0.4, -0.2) is 9.85 Å². The zero-order chi connectivity index (χ0) is 26.4. The minimum atomic E-state index is -0.608. The summed E-state index contributed by atoms with van der Waals surface area (Å²) in [5.74, 6) is 0.338. The summed E-state index contributed by atoms with van der Waals surface area (Å²) >= 11 is 0. The molecule has 1 aliphatic heterocycles. The molecule has 0 fully saturated rings. The fourth-order valence-corrected chi connectivity index (χ4v) is 5.33. The van der Waals surface area contributed by atoms with Crippen molar-refractivity contribution in [3.05, 3.63) is 137 Å². The molecule has 0 saturated carbocycles. The second-order valence-electron chi connectivity index (χ2n) is 9.25. The Bertz CT molecular complexity index is 1770. The Morgan fingerprint density at radius 1 is 0.868 bits per heavy atom. The molecule has 1 aliphatic carbocycles. The average Bonchev–Trinajstić information content (AvgIpc) is 2.92. The van der Waals surface area contributed by atoms with Gasteiger partial charge in [-0.25, -0.2) is 4.79 Å². The van der Waals surface area contributed by atoms with Crippen LogP contribution in [0.1, 0.15) is 41.9 Å². The normalized spacial score (nSPS) is 17.6. The second-order valence-corrected chi connectivity index (χ2v) is 9.25. The lowest BCUT2D eigenvalue weighted by molar-refractivity contribution is -0.385. The maximum atomic E-state index is 13.3. The molecule has 6 rings (SSSR count). The van der Waals surface area contributed by atoms with Gasteiger partial charge >= 0.3 is 5.63 Å². The third kappa shape index (κ3) is 3.94. The smallest absolute Gasteiger partial charge is 0.344 e. The van der Waals surface area contributed by atoms with Gasteiger partial charge in [-0.15, -0.1) is 0 Å². The topological polar surface area (TPSA) is 126 Å². The van der Waals surface area contributed by atoms with E-state index >= 15 is 0 Å². The zero-order valence-corrected chi connectivity index (χ0v) is 20.0. The molecule has 2 aliphatic rings. The van der Waals surface area contributed by atoms with Gasteiger partial charge in [0.15, 0.2) is 0 Å². The van der Waals surface area contributed by atoms with Gasteiger partial charge in [-0.05, 0) is 59.7 Å². The largest absolute Gasteiger partial charge is 0.456 e. The summed E-state index contributed by atoms with van der Waals surface area (Å²) in [6, 6.07) is 19.7. The molecule has 0 spiro atoms. The molecule has 0 radical (unpaired) electrons. The lowest BCUT2D eigenvalue weighted by Gasteiger charge is -2.34. The number of ether oxygens (including phenoxy) is 1. The quantitative estimate of drug-likeness (QED) is 0.171. The van der Waals surface area contributed by atoms with E-state index in [-0.39, 0.29) is 11.4 Å². The highest BCUT2D eigenvalue weighted by atomic mass is 16.6. The number of non-ortho nitro benzene ring substituents is 2. The summed E-state index contributed by atoms with van der Waals surface area (Å²) in [6.45, 7) is 0. The minimum Gasteiger partial charge on any atom is -0.456 e. The van der Waals surface area contributed by atoms with Crippen LogP contribution < -0.4 is 10.4 Å². The number of nitro benzene ring substituents is 2. The average molecular weight is 508 g/mol. The van der Waals surface area contributed by atoms with Crippen LogP contribution in [-0.2, 0) is 0 Å². The van der Waals surface area contributed by atoms with Gasteiger partial charge in [0.2, 0.25) is 0 Å². The van der Waals surface area contributed by atoms with Gasteiger partial charge in [-0.3, -0.25) is 20.2 Å². The molecule has 0 bridgehead atoms. The first-order valence-electron chi connectivity index (χ1n) is 12.1. The molecule has 4 aromatic rings. The molecule has 1 aromatic heterocycles. The second kappa shape index (κ2) is 9.11. The SMILES string of the molecule is O=c1oc2ccccc2c2c1C(c1cccc([N+](=O)[O-])c1)C1=C(O2)C(=Cc2cccc([N+](=O)[O-])c2)CCC1. The standard InChI is InChI=1S/C29H20N2O7/c32-29-26-25(18-7-4-10-21(16-18)31(35)36)23-12-5-8-19(14-17-6-3-9-20(15-17)30(33)34)27(23)38-28(26)22-11-1-2-13-24(22)37-29/h1-4,6-7,9-11,13-16,25H,5,8,12H2. The van der Waals surface area contributed by atoms with Gasteiger partial charge in [0.25, 0.3) is 11.4 Å². The fourth-order valence-electron chi connectivity index (χ4n) is 5.33. The zero-order valence-electron chi connectivity index (χ0n) is 20.0. The van der Waals surface area contributed by atoms with Crippen molar-refractivity contribution in [3.63, 3.8) is 0 Å². The molecule has 9 heteroatoms. The van der Waals surface area contributed by atoms with Gasteiger partial charge in [-0.1, -0.05) is 36.4 Å². The molecule has 2 heterocycles. The number of nitrogens with zero attached hydrogens (tertiary/aromatic N) is 2. The molecule has 3 aromatic carbocycles. The number of nitro groups is 2. The Morgan fingerprint density at radius 3 is 2.39 bits per heavy atom.